The van der Waals surface area contributed by atoms with Crippen LogP contribution in [0.3, 0.4) is 0 Å². The first kappa shape index (κ1) is 20.0. The fourth-order valence-corrected chi connectivity index (χ4v) is 1.24. The van der Waals surface area contributed by atoms with Gasteiger partial charge in [-0.2, -0.15) is 0 Å². The number of carbonyl (C=O) groups is 4. The van der Waals surface area contributed by atoms with Crippen molar-refractivity contribution in [1.82, 2.24) is 10.6 Å². The molecular weight excluding hydrogens is 308 g/mol. The summed E-state index contributed by atoms with van der Waals surface area (Å²) in [5, 5.41) is 13.1. The van der Waals surface area contributed by atoms with Crippen molar-refractivity contribution < 1.29 is 29.0 Å². The summed E-state index contributed by atoms with van der Waals surface area (Å²) >= 11 is 0. The minimum absolute atomic E-state index is 0.271. The maximum atomic E-state index is 11.5. The normalized spacial score (nSPS) is 11.9. The predicted molar refractivity (Wildman–Crippen MR) is 81.5 cm³/mol. The molecule has 0 saturated carbocycles. The Bertz CT molecular complexity index is 515. The molecule has 10 heteroatoms. The van der Waals surface area contributed by atoms with Crippen molar-refractivity contribution in [3.8, 4) is 0 Å². The van der Waals surface area contributed by atoms with Gasteiger partial charge in [0.1, 0.15) is 12.8 Å². The summed E-state index contributed by atoms with van der Waals surface area (Å²) < 4.78 is 4.79. The number of carbonyl (C=O) groups excluding carboxylic acids is 3. The monoisotopic (exact) mass is 326 g/mol. The maximum absolute atomic E-state index is 11.5. The first-order valence-electron chi connectivity index (χ1n) is 6.45. The minimum atomic E-state index is -1.24. The summed E-state index contributed by atoms with van der Waals surface area (Å²) in [7, 11) is 0. The molecule has 0 unspecified atom stereocenters. The highest BCUT2D eigenvalue weighted by atomic mass is 16.5. The van der Waals surface area contributed by atoms with E-state index in [4.69, 9.17) is 9.84 Å². The molecule has 0 atom stereocenters. The topological polar surface area (TPSA) is 147 Å². The molecule has 4 amide bonds. The lowest BCUT2D eigenvalue weighted by atomic mass is 10.2. The Hall–Kier alpha value is -3.04. The molecule has 23 heavy (non-hydrogen) atoms. The largest absolute Gasteiger partial charge is 0.481 e. The molecule has 0 aliphatic heterocycles. The summed E-state index contributed by atoms with van der Waals surface area (Å²) in [6, 6.07) is -1.53. The zero-order valence-electron chi connectivity index (χ0n) is 12.7. The first-order chi connectivity index (χ1) is 10.8. The SMILES string of the molecule is C=C(CC(=O)O)C(=O)OCC(NC(=O)N=CC)NC(=O)N=CC. The molecule has 0 heterocycles. The van der Waals surface area contributed by atoms with Crippen molar-refractivity contribution in [3.63, 3.8) is 0 Å². The number of hydrogen-bond acceptors (Lipinski definition) is 5. The minimum Gasteiger partial charge on any atom is -0.481 e. The van der Waals surface area contributed by atoms with E-state index >= 15 is 0 Å². The second-order valence-corrected chi connectivity index (χ2v) is 4.00. The lowest BCUT2D eigenvalue weighted by Crippen LogP contribution is -2.49. The van der Waals surface area contributed by atoms with E-state index < -0.39 is 43.2 Å². The second kappa shape index (κ2) is 10.7. The summed E-state index contributed by atoms with van der Waals surface area (Å²) in [5.74, 6) is -2.20. The number of nitrogens with one attached hydrogen (secondary N) is 2. The zero-order chi connectivity index (χ0) is 17.8. The second-order valence-electron chi connectivity index (χ2n) is 4.00. The Morgan fingerprint density at radius 1 is 1.13 bits per heavy atom. The van der Waals surface area contributed by atoms with Crippen LogP contribution in [0.25, 0.3) is 0 Å². The van der Waals surface area contributed by atoms with Crippen LogP contribution in [0, 0.1) is 0 Å². The Kier molecular flexibility index (Phi) is 9.25. The van der Waals surface area contributed by atoms with Gasteiger partial charge in [0.15, 0.2) is 0 Å². The third kappa shape index (κ3) is 9.50. The van der Waals surface area contributed by atoms with Crippen LogP contribution in [0.1, 0.15) is 20.3 Å². The lowest BCUT2D eigenvalue weighted by Gasteiger charge is -2.18. The van der Waals surface area contributed by atoms with Gasteiger partial charge in [-0.25, -0.2) is 24.4 Å². The molecule has 0 aromatic carbocycles. The van der Waals surface area contributed by atoms with E-state index in [-0.39, 0.29) is 5.57 Å². The van der Waals surface area contributed by atoms with Crippen LogP contribution in [0.5, 0.6) is 0 Å². The van der Waals surface area contributed by atoms with Crippen molar-refractivity contribution in [1.29, 1.82) is 0 Å². The molecule has 0 aromatic heterocycles. The molecule has 10 nitrogen and oxygen atoms in total. The number of nitrogens with zero attached hydrogens (tertiary/aromatic N) is 2. The van der Waals surface area contributed by atoms with E-state index in [2.05, 4.69) is 27.2 Å². The molecule has 0 aliphatic carbocycles. The number of amides is 4. The van der Waals surface area contributed by atoms with Crippen LogP contribution >= 0.6 is 0 Å². The quantitative estimate of drug-likeness (QED) is 0.268. The molecular formula is C13H18N4O6. The Labute approximate surface area is 132 Å². The molecule has 0 saturated heterocycles. The van der Waals surface area contributed by atoms with Crippen molar-refractivity contribution in [3.05, 3.63) is 12.2 Å². The van der Waals surface area contributed by atoms with E-state index in [1.165, 1.54) is 26.3 Å². The zero-order valence-corrected chi connectivity index (χ0v) is 12.7. The van der Waals surface area contributed by atoms with Crippen molar-refractivity contribution >= 4 is 36.4 Å². The molecule has 0 rings (SSSR count). The number of rotatable bonds is 7. The van der Waals surface area contributed by atoms with Crippen LogP contribution in [0.15, 0.2) is 22.1 Å². The molecule has 0 radical (unpaired) electrons. The van der Waals surface area contributed by atoms with Crippen LogP contribution in [0.4, 0.5) is 9.59 Å². The van der Waals surface area contributed by atoms with Gasteiger partial charge in [0.25, 0.3) is 0 Å². The molecule has 0 aromatic rings. The molecule has 0 aliphatic rings. The van der Waals surface area contributed by atoms with Gasteiger partial charge < -0.3 is 20.5 Å². The number of hydrogen-bond donors (Lipinski definition) is 3. The molecule has 3 N–H and O–H groups in total. The fourth-order valence-electron chi connectivity index (χ4n) is 1.24. The Morgan fingerprint density at radius 3 is 2.00 bits per heavy atom. The van der Waals surface area contributed by atoms with Gasteiger partial charge in [-0.3, -0.25) is 4.79 Å². The van der Waals surface area contributed by atoms with E-state index in [0.29, 0.717) is 0 Å². The molecule has 0 spiro atoms. The standard InChI is InChI=1S/C13H18N4O6/c1-4-14-12(21)16-9(17-13(22)15-5-2)7-23-11(20)8(3)6-10(18)19/h4-5,9H,3,6-7H2,1-2H3,(H,16,21)(H,17,22)(H,18,19). The summed E-state index contributed by atoms with van der Waals surface area (Å²) in [5.41, 5.74) is -0.271. The number of aliphatic imine (C=N–C) groups is 2. The number of urea groups is 2. The Morgan fingerprint density at radius 2 is 1.61 bits per heavy atom. The van der Waals surface area contributed by atoms with Gasteiger partial charge in [0.2, 0.25) is 0 Å². The summed E-state index contributed by atoms with van der Waals surface area (Å²) in [4.78, 5) is 51.6. The lowest BCUT2D eigenvalue weighted by molar-refractivity contribution is -0.143. The first-order valence-corrected chi connectivity index (χ1v) is 6.45. The number of carboxylic acids is 1. The average Bonchev–Trinajstić information content (AvgIpc) is 2.44. The fraction of sp³-hybridized carbons (Fsp3) is 0.385. The van der Waals surface area contributed by atoms with Crippen LogP contribution in [0.2, 0.25) is 0 Å². The molecule has 126 valence electrons. The van der Waals surface area contributed by atoms with E-state index in [1.807, 2.05) is 0 Å². The van der Waals surface area contributed by atoms with Crippen molar-refractivity contribution in [2.45, 2.75) is 26.4 Å². The van der Waals surface area contributed by atoms with Crippen molar-refractivity contribution in [2.75, 3.05) is 6.61 Å². The van der Waals surface area contributed by atoms with Gasteiger partial charge in [-0.15, -0.1) is 0 Å². The molecule has 0 fully saturated rings. The van der Waals surface area contributed by atoms with Crippen LogP contribution in [-0.2, 0) is 14.3 Å². The van der Waals surface area contributed by atoms with Gasteiger partial charge in [0.05, 0.1) is 6.42 Å². The third-order valence-electron chi connectivity index (χ3n) is 2.12. The summed E-state index contributed by atoms with van der Waals surface area (Å²) in [6.07, 6.45) is 0.796. The van der Waals surface area contributed by atoms with Gasteiger partial charge in [-0.1, -0.05) is 6.58 Å². The maximum Gasteiger partial charge on any atom is 0.342 e. The summed E-state index contributed by atoms with van der Waals surface area (Å²) in [6.45, 7) is 5.86. The van der Waals surface area contributed by atoms with Gasteiger partial charge >= 0.3 is 24.0 Å². The highest BCUT2D eigenvalue weighted by Gasteiger charge is 2.18. The van der Waals surface area contributed by atoms with Crippen molar-refractivity contribution in [2.24, 2.45) is 9.98 Å². The number of carboxylic acid groups (broad SMARTS) is 1. The average molecular weight is 326 g/mol. The third-order valence-corrected chi connectivity index (χ3v) is 2.12. The smallest absolute Gasteiger partial charge is 0.342 e. The van der Waals surface area contributed by atoms with Crippen LogP contribution < -0.4 is 10.6 Å². The highest BCUT2D eigenvalue weighted by Crippen LogP contribution is 2.01. The van der Waals surface area contributed by atoms with E-state index in [1.54, 1.807) is 0 Å². The number of esters is 1. The van der Waals surface area contributed by atoms with E-state index in [0.717, 1.165) is 0 Å². The van der Waals surface area contributed by atoms with E-state index in [9.17, 15) is 19.2 Å². The molecule has 0 bridgehead atoms. The van der Waals surface area contributed by atoms with Crippen LogP contribution in [-0.4, -0.2) is 54.3 Å². The number of aliphatic carboxylic acids is 1. The van der Waals surface area contributed by atoms with Gasteiger partial charge in [0, 0.05) is 18.0 Å². The van der Waals surface area contributed by atoms with Gasteiger partial charge in [-0.05, 0) is 13.8 Å². The highest BCUT2D eigenvalue weighted by molar-refractivity contribution is 5.93. The predicted octanol–water partition coefficient (Wildman–Crippen LogP) is 0.487. The Balaban J connectivity index is 4.70. The number of ether oxygens (including phenoxy) is 1.